The van der Waals surface area contributed by atoms with Crippen LogP contribution in [0.25, 0.3) is 0 Å². The maximum atomic E-state index is 3.52. The van der Waals surface area contributed by atoms with E-state index in [1.807, 2.05) is 18.4 Å². The molecular formula is C17H23BrN2S. The van der Waals surface area contributed by atoms with Gasteiger partial charge in [0.25, 0.3) is 0 Å². The zero-order chi connectivity index (χ0) is 15.2. The van der Waals surface area contributed by atoms with Crippen molar-refractivity contribution >= 4 is 27.3 Å². The standard InChI is InChI=1S/C17H23BrN2S/c1-13-6-4-5-7-16(13)17(19-2)8-9-20(3)11-15-10-14(18)12-21-15/h4-7,10,12,17,19H,8-9,11H2,1-3H3. The summed E-state index contributed by atoms with van der Waals surface area (Å²) in [6.45, 7) is 4.28. The van der Waals surface area contributed by atoms with Crippen LogP contribution in [-0.2, 0) is 6.54 Å². The predicted octanol–water partition coefficient (Wildman–Crippen LogP) is 4.60. The molecule has 1 heterocycles. The highest BCUT2D eigenvalue weighted by atomic mass is 79.9. The van der Waals surface area contributed by atoms with Crippen LogP contribution in [-0.4, -0.2) is 25.5 Å². The summed E-state index contributed by atoms with van der Waals surface area (Å²) in [6.07, 6.45) is 1.12. The molecular weight excluding hydrogens is 344 g/mol. The number of halogens is 1. The first-order chi connectivity index (χ1) is 10.1. The predicted molar refractivity (Wildman–Crippen MR) is 95.9 cm³/mol. The van der Waals surface area contributed by atoms with Crippen LogP contribution in [0.4, 0.5) is 0 Å². The molecule has 21 heavy (non-hydrogen) atoms. The second-order valence-electron chi connectivity index (χ2n) is 5.46. The highest BCUT2D eigenvalue weighted by molar-refractivity contribution is 9.10. The zero-order valence-corrected chi connectivity index (χ0v) is 15.3. The summed E-state index contributed by atoms with van der Waals surface area (Å²) < 4.78 is 1.18. The second kappa shape index (κ2) is 8.08. The van der Waals surface area contributed by atoms with Crippen molar-refractivity contribution < 1.29 is 0 Å². The lowest BCUT2D eigenvalue weighted by Crippen LogP contribution is -2.25. The van der Waals surface area contributed by atoms with Crippen LogP contribution >= 0.6 is 27.3 Å². The molecule has 0 aliphatic carbocycles. The summed E-state index contributed by atoms with van der Waals surface area (Å²) >= 11 is 5.33. The van der Waals surface area contributed by atoms with Crippen molar-refractivity contribution in [2.75, 3.05) is 20.6 Å². The summed E-state index contributed by atoms with van der Waals surface area (Å²) in [4.78, 5) is 3.79. The molecule has 0 saturated heterocycles. The first kappa shape index (κ1) is 16.7. The monoisotopic (exact) mass is 366 g/mol. The number of thiophene rings is 1. The fourth-order valence-electron chi connectivity index (χ4n) is 2.56. The molecule has 2 aromatic rings. The summed E-state index contributed by atoms with van der Waals surface area (Å²) in [7, 11) is 4.24. The Labute approximate surface area is 140 Å². The molecule has 0 bridgehead atoms. The Balaban J connectivity index is 1.89. The number of benzene rings is 1. The highest BCUT2D eigenvalue weighted by Gasteiger charge is 2.12. The summed E-state index contributed by atoms with van der Waals surface area (Å²) in [5.74, 6) is 0. The Morgan fingerprint density at radius 3 is 2.71 bits per heavy atom. The van der Waals surface area contributed by atoms with Crippen LogP contribution < -0.4 is 5.32 Å². The molecule has 0 aliphatic heterocycles. The summed E-state index contributed by atoms with van der Waals surface area (Å²) in [5, 5.41) is 5.60. The van der Waals surface area contributed by atoms with E-state index >= 15 is 0 Å². The largest absolute Gasteiger partial charge is 0.313 e. The van der Waals surface area contributed by atoms with Gasteiger partial charge in [0.2, 0.25) is 0 Å². The van der Waals surface area contributed by atoms with Gasteiger partial charge in [0.1, 0.15) is 0 Å². The van der Waals surface area contributed by atoms with Crippen molar-refractivity contribution in [3.63, 3.8) is 0 Å². The van der Waals surface area contributed by atoms with Crippen LogP contribution in [0, 0.1) is 6.92 Å². The first-order valence-corrected chi connectivity index (χ1v) is 8.91. The molecule has 0 saturated carbocycles. The third kappa shape index (κ3) is 4.92. The lowest BCUT2D eigenvalue weighted by atomic mass is 9.99. The van der Waals surface area contributed by atoms with Gasteiger partial charge in [-0.05, 0) is 60.6 Å². The second-order valence-corrected chi connectivity index (χ2v) is 7.37. The van der Waals surface area contributed by atoms with E-state index in [0.717, 1.165) is 19.5 Å². The van der Waals surface area contributed by atoms with Crippen LogP contribution in [0.3, 0.4) is 0 Å². The summed E-state index contributed by atoms with van der Waals surface area (Å²) in [5.41, 5.74) is 2.77. The highest BCUT2D eigenvalue weighted by Crippen LogP contribution is 2.23. The zero-order valence-electron chi connectivity index (χ0n) is 12.9. The molecule has 0 fully saturated rings. The van der Waals surface area contributed by atoms with Crippen LogP contribution in [0.2, 0.25) is 0 Å². The van der Waals surface area contributed by atoms with Gasteiger partial charge in [-0.3, -0.25) is 0 Å². The maximum absolute atomic E-state index is 3.52. The molecule has 1 N–H and O–H groups in total. The quantitative estimate of drug-likeness (QED) is 0.769. The van der Waals surface area contributed by atoms with Gasteiger partial charge in [-0.2, -0.15) is 0 Å². The molecule has 1 aromatic heterocycles. The van der Waals surface area contributed by atoms with Gasteiger partial charge in [0.15, 0.2) is 0 Å². The number of rotatable bonds is 7. The van der Waals surface area contributed by atoms with Crippen LogP contribution in [0.5, 0.6) is 0 Å². The van der Waals surface area contributed by atoms with E-state index in [2.05, 4.69) is 75.8 Å². The van der Waals surface area contributed by atoms with Gasteiger partial charge in [0.05, 0.1) is 0 Å². The van der Waals surface area contributed by atoms with Crippen molar-refractivity contribution in [3.8, 4) is 0 Å². The van der Waals surface area contributed by atoms with E-state index < -0.39 is 0 Å². The minimum Gasteiger partial charge on any atom is -0.313 e. The number of aryl methyl sites for hydroxylation is 1. The maximum Gasteiger partial charge on any atom is 0.0332 e. The van der Waals surface area contributed by atoms with Crippen molar-refractivity contribution in [1.29, 1.82) is 0 Å². The molecule has 2 rings (SSSR count). The average Bonchev–Trinajstić information content (AvgIpc) is 2.86. The van der Waals surface area contributed by atoms with Gasteiger partial charge in [-0.15, -0.1) is 11.3 Å². The SMILES string of the molecule is CNC(CCN(C)Cc1cc(Br)cs1)c1ccccc1C. The number of hydrogen-bond acceptors (Lipinski definition) is 3. The van der Waals surface area contributed by atoms with Gasteiger partial charge < -0.3 is 10.2 Å². The van der Waals surface area contributed by atoms with Gasteiger partial charge in [0, 0.05) is 33.9 Å². The van der Waals surface area contributed by atoms with Gasteiger partial charge in [-0.25, -0.2) is 0 Å². The van der Waals surface area contributed by atoms with Gasteiger partial charge in [-0.1, -0.05) is 24.3 Å². The first-order valence-electron chi connectivity index (χ1n) is 7.24. The van der Waals surface area contributed by atoms with Crippen molar-refractivity contribution in [2.24, 2.45) is 0 Å². The molecule has 0 radical (unpaired) electrons. The molecule has 4 heteroatoms. The fraction of sp³-hybridized carbons (Fsp3) is 0.412. The Morgan fingerprint density at radius 2 is 2.10 bits per heavy atom. The third-order valence-electron chi connectivity index (χ3n) is 3.76. The molecule has 1 aromatic carbocycles. The van der Waals surface area contributed by atoms with Crippen molar-refractivity contribution in [3.05, 3.63) is 56.2 Å². The number of nitrogens with one attached hydrogen (secondary N) is 1. The topological polar surface area (TPSA) is 15.3 Å². The Morgan fingerprint density at radius 1 is 1.33 bits per heavy atom. The Bertz CT molecular complexity index is 567. The molecule has 1 unspecified atom stereocenters. The molecule has 0 amide bonds. The van der Waals surface area contributed by atoms with Crippen molar-refractivity contribution in [2.45, 2.75) is 25.9 Å². The Hall–Kier alpha value is -0.680. The minimum atomic E-state index is 0.420. The van der Waals surface area contributed by atoms with E-state index in [0.29, 0.717) is 6.04 Å². The third-order valence-corrected chi connectivity index (χ3v) is 5.44. The average molecular weight is 367 g/mol. The Kier molecular flexibility index (Phi) is 6.42. The lowest BCUT2D eigenvalue weighted by Gasteiger charge is -2.22. The molecule has 114 valence electrons. The van der Waals surface area contributed by atoms with E-state index in [-0.39, 0.29) is 0 Å². The number of hydrogen-bond donors (Lipinski definition) is 1. The lowest BCUT2D eigenvalue weighted by molar-refractivity contribution is 0.306. The van der Waals surface area contributed by atoms with E-state index in [4.69, 9.17) is 0 Å². The molecule has 2 nitrogen and oxygen atoms in total. The summed E-state index contributed by atoms with van der Waals surface area (Å²) in [6, 6.07) is 11.3. The molecule has 0 spiro atoms. The van der Waals surface area contributed by atoms with Crippen LogP contribution in [0.1, 0.15) is 28.5 Å². The van der Waals surface area contributed by atoms with Crippen LogP contribution in [0.15, 0.2) is 40.2 Å². The van der Waals surface area contributed by atoms with E-state index in [1.54, 1.807) is 0 Å². The van der Waals surface area contributed by atoms with E-state index in [9.17, 15) is 0 Å². The molecule has 0 aliphatic rings. The minimum absolute atomic E-state index is 0.420. The fourth-order valence-corrected chi connectivity index (χ4v) is 4.09. The van der Waals surface area contributed by atoms with Gasteiger partial charge >= 0.3 is 0 Å². The molecule has 1 atom stereocenters. The smallest absolute Gasteiger partial charge is 0.0332 e. The van der Waals surface area contributed by atoms with E-state index in [1.165, 1.54) is 20.5 Å². The number of nitrogens with zero attached hydrogens (tertiary/aromatic N) is 1. The normalized spacial score (nSPS) is 12.8. The van der Waals surface area contributed by atoms with Crippen molar-refractivity contribution in [1.82, 2.24) is 10.2 Å².